The van der Waals surface area contributed by atoms with E-state index in [-0.39, 0.29) is 6.61 Å². The smallest absolute Gasteiger partial charge is 0.302 e. The van der Waals surface area contributed by atoms with Gasteiger partial charge in [0.15, 0.2) is 0 Å². The van der Waals surface area contributed by atoms with Crippen molar-refractivity contribution in [2.24, 2.45) is 0 Å². The van der Waals surface area contributed by atoms with Gasteiger partial charge in [0.25, 0.3) is 0 Å². The van der Waals surface area contributed by atoms with Gasteiger partial charge in [0, 0.05) is 0 Å². The maximum Gasteiger partial charge on any atom is 0.481 e. The van der Waals surface area contributed by atoms with Crippen molar-refractivity contribution in [2.45, 2.75) is 6.42 Å². The summed E-state index contributed by atoms with van der Waals surface area (Å²) in [5.74, 6) is 0. The predicted octanol–water partition coefficient (Wildman–Crippen LogP) is 1.51. The lowest BCUT2D eigenvalue weighted by molar-refractivity contribution is 0.180. The molecule has 0 aromatic rings. The zero-order valence-corrected chi connectivity index (χ0v) is 10.2. The Morgan fingerprint density at radius 3 is 2.29 bits per heavy atom. The Hall–Kier alpha value is 0.480. The molecule has 0 fully saturated rings. The van der Waals surface area contributed by atoms with E-state index >= 15 is 0 Å². The fraction of sp³-hybridized carbons (Fsp3) is 0.500. The standard InChI is InChI=1S/C4H9BrO7P2/c5-3-1-2-4-11-14(9,10)12-13(6,7)8/h1,3H,2,4H2,(H,9,10)(H2,6,7,8)/b3-1-. The summed E-state index contributed by atoms with van der Waals surface area (Å²) in [6.45, 7) is -0.185. The van der Waals surface area contributed by atoms with Crippen molar-refractivity contribution >= 4 is 31.6 Å². The van der Waals surface area contributed by atoms with Gasteiger partial charge in [-0.2, -0.15) is 4.31 Å². The Balaban J connectivity index is 3.96. The van der Waals surface area contributed by atoms with Crippen molar-refractivity contribution in [1.82, 2.24) is 0 Å². The van der Waals surface area contributed by atoms with E-state index in [1.54, 1.807) is 6.08 Å². The molecule has 0 radical (unpaired) electrons. The summed E-state index contributed by atoms with van der Waals surface area (Å²) >= 11 is 2.96. The van der Waals surface area contributed by atoms with Gasteiger partial charge < -0.3 is 14.7 Å². The molecule has 0 aromatic heterocycles. The number of phosphoric ester groups is 1. The van der Waals surface area contributed by atoms with Crippen LogP contribution >= 0.6 is 31.6 Å². The highest BCUT2D eigenvalue weighted by atomic mass is 79.9. The molecule has 7 nitrogen and oxygen atoms in total. The predicted molar refractivity (Wildman–Crippen MR) is 51.6 cm³/mol. The van der Waals surface area contributed by atoms with Gasteiger partial charge in [-0.05, 0) is 11.4 Å². The molecule has 0 heterocycles. The van der Waals surface area contributed by atoms with Crippen LogP contribution in [0, 0.1) is 0 Å². The molecule has 0 rings (SSSR count). The average Bonchev–Trinajstić information content (AvgIpc) is 1.93. The highest BCUT2D eigenvalue weighted by Gasteiger charge is 2.31. The third-order valence-corrected chi connectivity index (χ3v) is 3.40. The van der Waals surface area contributed by atoms with Crippen LogP contribution in [0.2, 0.25) is 0 Å². The van der Waals surface area contributed by atoms with Crippen molar-refractivity contribution in [1.29, 1.82) is 0 Å². The molecule has 1 unspecified atom stereocenters. The third-order valence-electron chi connectivity index (χ3n) is 0.838. The van der Waals surface area contributed by atoms with E-state index in [1.165, 1.54) is 4.99 Å². The number of halogens is 1. The first-order valence-corrected chi connectivity index (χ1v) is 7.20. The molecule has 84 valence electrons. The van der Waals surface area contributed by atoms with E-state index in [2.05, 4.69) is 24.8 Å². The van der Waals surface area contributed by atoms with Crippen molar-refractivity contribution in [3.05, 3.63) is 11.1 Å². The van der Waals surface area contributed by atoms with Gasteiger partial charge in [0.05, 0.1) is 6.61 Å². The molecule has 0 aliphatic carbocycles. The largest absolute Gasteiger partial charge is 0.481 e. The molecule has 1 atom stereocenters. The molecule has 0 aliphatic rings. The monoisotopic (exact) mass is 310 g/mol. The third kappa shape index (κ3) is 9.05. The van der Waals surface area contributed by atoms with Crippen molar-refractivity contribution in [3.8, 4) is 0 Å². The topological polar surface area (TPSA) is 113 Å². The molecule has 0 amide bonds. The number of rotatable bonds is 6. The minimum absolute atomic E-state index is 0.185. The zero-order valence-electron chi connectivity index (χ0n) is 6.82. The number of phosphoric acid groups is 2. The van der Waals surface area contributed by atoms with Crippen LogP contribution in [0.3, 0.4) is 0 Å². The van der Waals surface area contributed by atoms with E-state index in [4.69, 9.17) is 14.7 Å². The van der Waals surface area contributed by atoms with Gasteiger partial charge in [-0.1, -0.05) is 22.0 Å². The van der Waals surface area contributed by atoms with Crippen molar-refractivity contribution in [2.75, 3.05) is 6.61 Å². The molecular formula is C4H9BrO7P2. The summed E-state index contributed by atoms with van der Waals surface area (Å²) in [4.78, 5) is 26.7. The lowest BCUT2D eigenvalue weighted by Gasteiger charge is -2.11. The fourth-order valence-corrected chi connectivity index (χ4v) is 2.32. The van der Waals surface area contributed by atoms with E-state index in [0.717, 1.165) is 0 Å². The van der Waals surface area contributed by atoms with Crippen molar-refractivity contribution < 1.29 is 32.6 Å². The molecule has 0 spiro atoms. The number of hydrogen-bond acceptors (Lipinski definition) is 4. The van der Waals surface area contributed by atoms with Gasteiger partial charge in [-0.25, -0.2) is 9.13 Å². The molecule has 0 aliphatic heterocycles. The summed E-state index contributed by atoms with van der Waals surface area (Å²) < 4.78 is 28.7. The van der Waals surface area contributed by atoms with E-state index in [9.17, 15) is 9.13 Å². The first-order chi connectivity index (χ1) is 6.27. The summed E-state index contributed by atoms with van der Waals surface area (Å²) in [5.41, 5.74) is 0. The summed E-state index contributed by atoms with van der Waals surface area (Å²) in [6.07, 6.45) is 1.89. The Morgan fingerprint density at radius 1 is 1.29 bits per heavy atom. The van der Waals surface area contributed by atoms with Gasteiger partial charge in [0.2, 0.25) is 0 Å². The Labute approximate surface area is 88.7 Å². The van der Waals surface area contributed by atoms with Gasteiger partial charge in [0.1, 0.15) is 0 Å². The van der Waals surface area contributed by atoms with Gasteiger partial charge in [-0.15, -0.1) is 0 Å². The molecule has 0 bridgehead atoms. The van der Waals surface area contributed by atoms with Crippen LogP contribution in [0.15, 0.2) is 11.1 Å². The minimum atomic E-state index is -5.01. The second-order valence-electron chi connectivity index (χ2n) is 2.02. The van der Waals surface area contributed by atoms with Gasteiger partial charge >= 0.3 is 15.6 Å². The van der Waals surface area contributed by atoms with Gasteiger partial charge in [-0.3, -0.25) is 4.52 Å². The molecular weight excluding hydrogens is 302 g/mol. The Bertz CT molecular complexity index is 283. The maximum absolute atomic E-state index is 10.8. The minimum Gasteiger partial charge on any atom is -0.302 e. The first-order valence-electron chi connectivity index (χ1n) is 3.26. The first kappa shape index (κ1) is 14.5. The second kappa shape index (κ2) is 6.15. The quantitative estimate of drug-likeness (QED) is 0.503. The van der Waals surface area contributed by atoms with Crippen LogP contribution in [0.25, 0.3) is 0 Å². The summed E-state index contributed by atoms with van der Waals surface area (Å²) in [6, 6.07) is 0. The van der Waals surface area contributed by atoms with Crippen molar-refractivity contribution in [3.63, 3.8) is 0 Å². The van der Waals surface area contributed by atoms with E-state index in [0.29, 0.717) is 6.42 Å². The van der Waals surface area contributed by atoms with Crippen LogP contribution in [0.4, 0.5) is 0 Å². The zero-order chi connectivity index (χ0) is 11.2. The summed E-state index contributed by atoms with van der Waals surface area (Å²) in [5, 5.41) is 0. The van der Waals surface area contributed by atoms with Crippen LogP contribution in [-0.2, 0) is 18.0 Å². The van der Waals surface area contributed by atoms with E-state index in [1.807, 2.05) is 0 Å². The molecule has 0 saturated carbocycles. The van der Waals surface area contributed by atoms with Crippen LogP contribution in [0.5, 0.6) is 0 Å². The number of hydrogen-bond donors (Lipinski definition) is 3. The molecule has 0 aromatic carbocycles. The molecule has 14 heavy (non-hydrogen) atoms. The lowest BCUT2D eigenvalue weighted by Crippen LogP contribution is -1.94. The highest BCUT2D eigenvalue weighted by molar-refractivity contribution is 9.11. The normalized spacial score (nSPS) is 17.1. The lowest BCUT2D eigenvalue weighted by atomic mass is 10.5. The second-order valence-corrected chi connectivity index (χ2v) is 5.38. The van der Waals surface area contributed by atoms with Crippen LogP contribution in [0.1, 0.15) is 6.42 Å². The Morgan fingerprint density at radius 2 is 1.86 bits per heavy atom. The fourth-order valence-electron chi connectivity index (χ4n) is 0.457. The summed E-state index contributed by atoms with van der Waals surface area (Å²) in [7, 11) is -9.67. The maximum atomic E-state index is 10.8. The molecule has 3 N–H and O–H groups in total. The highest BCUT2D eigenvalue weighted by Crippen LogP contribution is 2.57. The molecule has 0 saturated heterocycles. The van der Waals surface area contributed by atoms with E-state index < -0.39 is 15.6 Å². The molecule has 10 heteroatoms. The SMILES string of the molecule is O=P(O)(O)OP(=O)(O)OCC/C=C\Br. The Kier molecular flexibility index (Phi) is 6.36. The van der Waals surface area contributed by atoms with Crippen LogP contribution < -0.4 is 0 Å². The van der Waals surface area contributed by atoms with Crippen LogP contribution in [-0.4, -0.2) is 21.3 Å². The average molecular weight is 311 g/mol.